The molecule has 0 unspecified atom stereocenters. The summed E-state index contributed by atoms with van der Waals surface area (Å²) in [5, 5.41) is 10.6. The zero-order valence-corrected chi connectivity index (χ0v) is 11.3. The van der Waals surface area contributed by atoms with E-state index in [0.717, 1.165) is 11.3 Å². The van der Waals surface area contributed by atoms with Crippen LogP contribution in [0, 0.1) is 0 Å². The Morgan fingerprint density at radius 3 is 2.81 bits per heavy atom. The van der Waals surface area contributed by atoms with Gasteiger partial charge in [0.2, 0.25) is 0 Å². The maximum atomic E-state index is 10.4. The van der Waals surface area contributed by atoms with E-state index in [1.54, 1.807) is 17.4 Å². The highest BCUT2D eigenvalue weighted by Crippen LogP contribution is 2.31. The summed E-state index contributed by atoms with van der Waals surface area (Å²) >= 11 is 3.55. The van der Waals surface area contributed by atoms with Gasteiger partial charge in [-0.3, -0.25) is 0 Å². The lowest BCUT2D eigenvalue weighted by molar-refractivity contribution is -0.131. The van der Waals surface area contributed by atoms with Gasteiger partial charge in [-0.2, -0.15) is 11.8 Å². The maximum Gasteiger partial charge on any atom is 0.328 e. The van der Waals surface area contributed by atoms with E-state index in [9.17, 15) is 4.79 Å². The summed E-state index contributed by atoms with van der Waals surface area (Å²) < 4.78 is 0.234. The van der Waals surface area contributed by atoms with Crippen molar-refractivity contribution >= 4 is 35.1 Å². The number of carbonyl (C=O) groups is 1. The number of carboxylic acids is 1. The molecule has 0 aliphatic carbocycles. The minimum absolute atomic E-state index is 0.234. The largest absolute Gasteiger partial charge is 0.478 e. The molecule has 88 valence electrons. The van der Waals surface area contributed by atoms with Gasteiger partial charge in [-0.25, -0.2) is 4.79 Å². The smallest absolute Gasteiger partial charge is 0.328 e. The third-order valence-electron chi connectivity index (χ3n) is 1.82. The first-order chi connectivity index (χ1) is 7.38. The highest BCUT2D eigenvalue weighted by molar-refractivity contribution is 7.99. The topological polar surface area (TPSA) is 37.3 Å². The average Bonchev–Trinajstić information content (AvgIpc) is 2.57. The summed E-state index contributed by atoms with van der Waals surface area (Å²) in [4.78, 5) is 11.7. The van der Waals surface area contributed by atoms with Gasteiger partial charge in [0.1, 0.15) is 0 Å². The van der Waals surface area contributed by atoms with Crippen molar-refractivity contribution < 1.29 is 9.90 Å². The monoisotopic (exact) mass is 256 g/mol. The molecule has 0 amide bonds. The Morgan fingerprint density at radius 1 is 1.56 bits per heavy atom. The first-order valence-corrected chi connectivity index (χ1v) is 6.86. The van der Waals surface area contributed by atoms with Gasteiger partial charge in [-0.1, -0.05) is 20.8 Å². The van der Waals surface area contributed by atoms with Gasteiger partial charge in [0.15, 0.2) is 0 Å². The van der Waals surface area contributed by atoms with Gasteiger partial charge in [0, 0.05) is 21.5 Å². The summed E-state index contributed by atoms with van der Waals surface area (Å²) in [6.07, 6.45) is 2.85. The van der Waals surface area contributed by atoms with E-state index in [-0.39, 0.29) is 4.75 Å². The lowest BCUT2D eigenvalue weighted by Crippen LogP contribution is -2.07. The van der Waals surface area contributed by atoms with Crippen LogP contribution in [0.4, 0.5) is 0 Å². The molecule has 0 fully saturated rings. The Kier molecular flexibility index (Phi) is 4.62. The van der Waals surface area contributed by atoms with Crippen molar-refractivity contribution in [2.75, 3.05) is 0 Å². The van der Waals surface area contributed by atoms with Crippen LogP contribution >= 0.6 is 23.1 Å². The molecule has 1 aromatic rings. The van der Waals surface area contributed by atoms with Crippen molar-refractivity contribution in [1.82, 2.24) is 0 Å². The van der Waals surface area contributed by atoms with Gasteiger partial charge in [-0.15, -0.1) is 11.3 Å². The lowest BCUT2D eigenvalue weighted by Gasteiger charge is -2.16. The summed E-state index contributed by atoms with van der Waals surface area (Å²) in [5.41, 5.74) is 1.02. The number of thiophene rings is 1. The van der Waals surface area contributed by atoms with Crippen LogP contribution < -0.4 is 0 Å². The van der Waals surface area contributed by atoms with E-state index in [0.29, 0.717) is 0 Å². The van der Waals surface area contributed by atoms with Crippen LogP contribution in [0.3, 0.4) is 0 Å². The molecular weight excluding hydrogens is 240 g/mol. The van der Waals surface area contributed by atoms with Gasteiger partial charge >= 0.3 is 5.97 Å². The van der Waals surface area contributed by atoms with E-state index in [1.807, 2.05) is 23.2 Å². The second-order valence-electron chi connectivity index (χ2n) is 4.37. The van der Waals surface area contributed by atoms with Gasteiger partial charge in [0.05, 0.1) is 0 Å². The van der Waals surface area contributed by atoms with E-state index < -0.39 is 5.97 Å². The van der Waals surface area contributed by atoms with Crippen molar-refractivity contribution in [3.8, 4) is 0 Å². The molecule has 0 radical (unpaired) electrons. The van der Waals surface area contributed by atoms with Crippen molar-refractivity contribution in [2.24, 2.45) is 0 Å². The molecule has 1 N–H and O–H groups in total. The molecule has 0 atom stereocenters. The number of hydrogen-bond donors (Lipinski definition) is 1. The summed E-state index contributed by atoms with van der Waals surface area (Å²) in [6.45, 7) is 6.54. The number of rotatable bonds is 4. The van der Waals surface area contributed by atoms with Crippen LogP contribution in [0.1, 0.15) is 31.2 Å². The lowest BCUT2D eigenvalue weighted by atomic mass is 10.2. The minimum Gasteiger partial charge on any atom is -0.478 e. The molecule has 1 rings (SSSR count). The SMILES string of the molecule is CC(C)(C)SCc1sccc1C=CC(=O)O. The quantitative estimate of drug-likeness (QED) is 0.831. The standard InChI is InChI=1S/C12H16O2S2/c1-12(2,3)16-8-10-9(6-7-15-10)4-5-11(13)14/h4-7H,8H2,1-3H3,(H,13,14). The Hall–Kier alpha value is -0.740. The van der Waals surface area contributed by atoms with E-state index in [2.05, 4.69) is 20.8 Å². The third-order valence-corrected chi connectivity index (χ3v) is 4.24. The summed E-state index contributed by atoms with van der Waals surface area (Å²) in [7, 11) is 0. The predicted octanol–water partition coefficient (Wildman–Crippen LogP) is 3.88. The van der Waals surface area contributed by atoms with Crippen molar-refractivity contribution in [3.63, 3.8) is 0 Å². The molecule has 0 bridgehead atoms. The normalized spacial score (nSPS) is 12.2. The Morgan fingerprint density at radius 2 is 2.25 bits per heavy atom. The highest BCUT2D eigenvalue weighted by Gasteiger charge is 2.12. The molecular formula is C12H16O2S2. The van der Waals surface area contributed by atoms with Crippen LogP contribution in [0.25, 0.3) is 6.08 Å². The highest BCUT2D eigenvalue weighted by atomic mass is 32.2. The second-order valence-corrected chi connectivity index (χ2v) is 7.17. The zero-order valence-electron chi connectivity index (χ0n) is 9.69. The van der Waals surface area contributed by atoms with Crippen LogP contribution in [0.15, 0.2) is 17.5 Å². The van der Waals surface area contributed by atoms with Crippen LogP contribution in [0.5, 0.6) is 0 Å². The molecule has 1 aromatic heterocycles. The first-order valence-electron chi connectivity index (χ1n) is 5.00. The number of aliphatic carboxylic acids is 1. The molecule has 16 heavy (non-hydrogen) atoms. The molecule has 0 aliphatic heterocycles. The molecule has 0 aliphatic rings. The fourth-order valence-corrected chi connectivity index (χ4v) is 2.89. The average molecular weight is 256 g/mol. The van der Waals surface area contributed by atoms with Crippen LogP contribution in [-0.4, -0.2) is 15.8 Å². The first kappa shape index (κ1) is 13.3. The number of thioether (sulfide) groups is 1. The second kappa shape index (κ2) is 5.55. The third kappa shape index (κ3) is 4.86. The minimum atomic E-state index is -0.902. The fraction of sp³-hybridized carbons (Fsp3) is 0.417. The van der Waals surface area contributed by atoms with Gasteiger partial charge in [0.25, 0.3) is 0 Å². The van der Waals surface area contributed by atoms with Crippen LogP contribution in [0.2, 0.25) is 0 Å². The molecule has 0 saturated carbocycles. The molecule has 0 saturated heterocycles. The molecule has 2 nitrogen and oxygen atoms in total. The van der Waals surface area contributed by atoms with Crippen LogP contribution in [-0.2, 0) is 10.5 Å². The summed E-state index contributed by atoms with van der Waals surface area (Å²) in [5.74, 6) is 0.0288. The predicted molar refractivity (Wildman–Crippen MR) is 72.0 cm³/mol. The van der Waals surface area contributed by atoms with Crippen molar-refractivity contribution in [1.29, 1.82) is 0 Å². The van der Waals surface area contributed by atoms with E-state index in [4.69, 9.17) is 5.11 Å². The Bertz CT molecular complexity index is 386. The van der Waals surface area contributed by atoms with E-state index in [1.165, 1.54) is 11.0 Å². The number of hydrogen-bond acceptors (Lipinski definition) is 3. The zero-order chi connectivity index (χ0) is 12.2. The van der Waals surface area contributed by atoms with Gasteiger partial charge in [-0.05, 0) is 23.1 Å². The Balaban J connectivity index is 2.68. The molecule has 0 spiro atoms. The van der Waals surface area contributed by atoms with Crippen molar-refractivity contribution in [2.45, 2.75) is 31.3 Å². The molecule has 4 heteroatoms. The molecule has 1 heterocycles. The number of carboxylic acid groups (broad SMARTS) is 1. The molecule has 0 aromatic carbocycles. The van der Waals surface area contributed by atoms with Gasteiger partial charge < -0.3 is 5.11 Å². The maximum absolute atomic E-state index is 10.4. The summed E-state index contributed by atoms with van der Waals surface area (Å²) in [6, 6.07) is 1.96. The van der Waals surface area contributed by atoms with E-state index >= 15 is 0 Å². The van der Waals surface area contributed by atoms with Crippen molar-refractivity contribution in [3.05, 3.63) is 28.0 Å². The fourth-order valence-electron chi connectivity index (χ4n) is 1.06. The Labute approximate surface area is 104 Å².